The molecule has 0 fully saturated rings. The highest BCUT2D eigenvalue weighted by Crippen LogP contribution is 2.40. The smallest absolute Gasteiger partial charge is 0.274 e. The summed E-state index contributed by atoms with van der Waals surface area (Å²) in [6.45, 7) is 0. The number of fused-ring (bicyclic) bond motifs is 1. The van der Waals surface area contributed by atoms with E-state index in [1.807, 2.05) is 0 Å². The Morgan fingerprint density at radius 3 is 2.57 bits per heavy atom. The Morgan fingerprint density at radius 1 is 1.29 bits per heavy atom. The fraction of sp³-hybridized carbons (Fsp3) is 0.111. The van der Waals surface area contributed by atoms with Crippen molar-refractivity contribution in [3.63, 3.8) is 0 Å². The first-order valence-electron chi connectivity index (χ1n) is 3.86. The van der Waals surface area contributed by atoms with Gasteiger partial charge in [-0.25, -0.2) is 13.2 Å². The quantitative estimate of drug-likeness (QED) is 0.776. The van der Waals surface area contributed by atoms with Gasteiger partial charge >= 0.3 is 0 Å². The third kappa shape index (κ3) is 1.24. The minimum absolute atomic E-state index is 0.104. The molecule has 1 aromatic heterocycles. The predicted octanol–water partition coefficient (Wildman–Crippen LogP) is 3.56. The molecule has 0 saturated heterocycles. The molecule has 0 aliphatic rings. The summed E-state index contributed by atoms with van der Waals surface area (Å²) < 4.78 is 38.5. The maximum atomic E-state index is 13.2. The normalized spacial score (nSPS) is 11.4. The largest absolute Gasteiger partial charge is 0.397 e. The van der Waals surface area contributed by atoms with E-state index in [1.54, 1.807) is 6.07 Å². The number of rotatable bonds is 1. The van der Waals surface area contributed by atoms with Gasteiger partial charge in [0.2, 0.25) is 0 Å². The van der Waals surface area contributed by atoms with Crippen LogP contribution in [0.25, 0.3) is 10.1 Å². The van der Waals surface area contributed by atoms with Crippen molar-refractivity contribution >= 4 is 27.1 Å². The van der Waals surface area contributed by atoms with Crippen molar-refractivity contribution in [1.29, 1.82) is 0 Å². The molecule has 1 aromatic carbocycles. The molecule has 0 amide bonds. The first kappa shape index (κ1) is 9.33. The van der Waals surface area contributed by atoms with Crippen LogP contribution in [0.5, 0.6) is 0 Å². The van der Waals surface area contributed by atoms with Crippen LogP contribution >= 0.6 is 11.3 Å². The number of alkyl halides is 2. The molecule has 0 aliphatic heterocycles. The second-order valence-corrected chi connectivity index (χ2v) is 3.88. The maximum absolute atomic E-state index is 13.2. The van der Waals surface area contributed by atoms with Crippen LogP contribution in [0.2, 0.25) is 0 Å². The lowest BCUT2D eigenvalue weighted by Gasteiger charge is -1.96. The predicted molar refractivity (Wildman–Crippen MR) is 51.2 cm³/mol. The molecule has 2 aromatic rings. The van der Waals surface area contributed by atoms with E-state index in [0.717, 1.165) is 11.3 Å². The van der Waals surface area contributed by atoms with E-state index >= 15 is 0 Å². The molecular formula is C9H6F3NS. The summed E-state index contributed by atoms with van der Waals surface area (Å²) in [5, 5.41) is 0.104. The Labute approximate surface area is 82.0 Å². The van der Waals surface area contributed by atoms with Gasteiger partial charge in [0.25, 0.3) is 6.43 Å². The minimum Gasteiger partial charge on any atom is -0.397 e. The summed E-state index contributed by atoms with van der Waals surface area (Å²) in [5.74, 6) is -0.553. The summed E-state index contributed by atoms with van der Waals surface area (Å²) >= 11 is 0.831. The zero-order valence-electron chi connectivity index (χ0n) is 6.93. The molecule has 14 heavy (non-hydrogen) atoms. The Kier molecular flexibility index (Phi) is 2.11. The number of hydrogen-bond acceptors (Lipinski definition) is 2. The average molecular weight is 217 g/mol. The third-order valence-electron chi connectivity index (χ3n) is 1.93. The van der Waals surface area contributed by atoms with Gasteiger partial charge in [-0.1, -0.05) is 6.07 Å². The fourth-order valence-corrected chi connectivity index (χ4v) is 2.30. The number of nitrogen functional groups attached to an aromatic ring is 1. The number of benzene rings is 1. The Bertz CT molecular complexity index is 478. The molecule has 0 unspecified atom stereocenters. The molecule has 1 nitrogen and oxygen atoms in total. The van der Waals surface area contributed by atoms with Crippen LogP contribution < -0.4 is 5.73 Å². The monoisotopic (exact) mass is 217 g/mol. The summed E-state index contributed by atoms with van der Waals surface area (Å²) in [5.41, 5.74) is 5.29. The van der Waals surface area contributed by atoms with Crippen molar-refractivity contribution in [2.24, 2.45) is 0 Å². The Balaban J connectivity index is 2.81. The topological polar surface area (TPSA) is 26.0 Å². The van der Waals surface area contributed by atoms with E-state index in [0.29, 0.717) is 4.70 Å². The highest BCUT2D eigenvalue weighted by atomic mass is 32.1. The van der Waals surface area contributed by atoms with Crippen LogP contribution in [0.1, 0.15) is 11.3 Å². The highest BCUT2D eigenvalue weighted by molar-refractivity contribution is 7.19. The van der Waals surface area contributed by atoms with Gasteiger partial charge in [0, 0.05) is 4.70 Å². The summed E-state index contributed by atoms with van der Waals surface area (Å²) in [7, 11) is 0. The van der Waals surface area contributed by atoms with Crippen LogP contribution in [0, 0.1) is 5.82 Å². The zero-order chi connectivity index (χ0) is 10.3. The molecule has 2 N–H and O–H groups in total. The maximum Gasteiger partial charge on any atom is 0.274 e. The molecule has 0 spiro atoms. The van der Waals surface area contributed by atoms with E-state index in [1.165, 1.54) is 12.1 Å². The van der Waals surface area contributed by atoms with Gasteiger partial charge < -0.3 is 5.73 Å². The summed E-state index contributed by atoms with van der Waals surface area (Å²) in [6.07, 6.45) is -2.65. The lowest BCUT2D eigenvalue weighted by atomic mass is 10.2. The van der Waals surface area contributed by atoms with Crippen molar-refractivity contribution in [3.05, 3.63) is 28.9 Å². The Hall–Kier alpha value is -1.23. The summed E-state index contributed by atoms with van der Waals surface area (Å²) in [6, 6.07) is 4.26. The van der Waals surface area contributed by atoms with Gasteiger partial charge in [-0.05, 0) is 12.1 Å². The van der Waals surface area contributed by atoms with Crippen LogP contribution in [-0.4, -0.2) is 0 Å². The molecular weight excluding hydrogens is 211 g/mol. The van der Waals surface area contributed by atoms with Crippen molar-refractivity contribution in [2.75, 3.05) is 5.73 Å². The average Bonchev–Trinajstić information content (AvgIpc) is 2.45. The fourth-order valence-electron chi connectivity index (χ4n) is 1.31. The van der Waals surface area contributed by atoms with Crippen molar-refractivity contribution in [1.82, 2.24) is 0 Å². The highest BCUT2D eigenvalue weighted by Gasteiger charge is 2.19. The van der Waals surface area contributed by atoms with E-state index in [9.17, 15) is 13.2 Å². The number of thiophene rings is 1. The van der Waals surface area contributed by atoms with Gasteiger partial charge in [-0.2, -0.15) is 0 Å². The lowest BCUT2D eigenvalue weighted by molar-refractivity contribution is 0.156. The summed E-state index contributed by atoms with van der Waals surface area (Å²) in [4.78, 5) is -0.259. The molecule has 0 atom stereocenters. The number of anilines is 1. The molecule has 0 aliphatic carbocycles. The van der Waals surface area contributed by atoms with Crippen LogP contribution in [-0.2, 0) is 0 Å². The van der Waals surface area contributed by atoms with Crippen LogP contribution in [0.15, 0.2) is 18.2 Å². The van der Waals surface area contributed by atoms with Crippen molar-refractivity contribution < 1.29 is 13.2 Å². The second kappa shape index (κ2) is 3.16. The first-order chi connectivity index (χ1) is 6.61. The van der Waals surface area contributed by atoms with Gasteiger partial charge in [-0.3, -0.25) is 0 Å². The third-order valence-corrected chi connectivity index (χ3v) is 3.11. The van der Waals surface area contributed by atoms with Gasteiger partial charge in [-0.15, -0.1) is 11.3 Å². The van der Waals surface area contributed by atoms with E-state index in [-0.39, 0.29) is 16.0 Å². The van der Waals surface area contributed by atoms with E-state index in [4.69, 9.17) is 5.73 Å². The molecule has 0 saturated carbocycles. The standard InChI is InChI=1S/C9H6F3NS/c10-4-2-1-3-5-6(4)7(13)8(14-5)9(11)12/h1-3,9H,13H2. The van der Waals surface area contributed by atoms with Crippen LogP contribution in [0.3, 0.4) is 0 Å². The van der Waals surface area contributed by atoms with E-state index in [2.05, 4.69) is 0 Å². The van der Waals surface area contributed by atoms with Crippen molar-refractivity contribution in [3.8, 4) is 0 Å². The minimum atomic E-state index is -2.65. The second-order valence-electron chi connectivity index (χ2n) is 2.79. The number of halogens is 3. The SMILES string of the molecule is Nc1c(C(F)F)sc2cccc(F)c12. The molecule has 2 rings (SSSR count). The van der Waals surface area contributed by atoms with Gasteiger partial charge in [0.05, 0.1) is 16.0 Å². The molecule has 0 bridgehead atoms. The number of hydrogen-bond donors (Lipinski definition) is 1. The lowest BCUT2D eigenvalue weighted by Crippen LogP contribution is -1.90. The van der Waals surface area contributed by atoms with Crippen molar-refractivity contribution in [2.45, 2.75) is 6.43 Å². The molecule has 1 heterocycles. The Morgan fingerprint density at radius 2 is 2.00 bits per heavy atom. The molecule has 74 valence electrons. The van der Waals surface area contributed by atoms with Gasteiger partial charge in [0.1, 0.15) is 5.82 Å². The molecule has 0 radical (unpaired) electrons. The molecule has 5 heteroatoms. The van der Waals surface area contributed by atoms with Gasteiger partial charge in [0.15, 0.2) is 0 Å². The zero-order valence-corrected chi connectivity index (χ0v) is 7.75. The van der Waals surface area contributed by atoms with E-state index < -0.39 is 12.2 Å². The number of nitrogens with two attached hydrogens (primary N) is 1. The first-order valence-corrected chi connectivity index (χ1v) is 4.67. The van der Waals surface area contributed by atoms with Crippen LogP contribution in [0.4, 0.5) is 18.9 Å².